The zero-order chi connectivity index (χ0) is 19.1. The Kier molecular flexibility index (Phi) is 4.25. The van der Waals surface area contributed by atoms with Crippen molar-refractivity contribution in [2.45, 2.75) is 33.0 Å². The van der Waals surface area contributed by atoms with Crippen molar-refractivity contribution in [3.8, 4) is 0 Å². The van der Waals surface area contributed by atoms with Gasteiger partial charge in [-0.3, -0.25) is 14.4 Å². The summed E-state index contributed by atoms with van der Waals surface area (Å²) in [5.74, 6) is -0.133. The van der Waals surface area contributed by atoms with E-state index in [2.05, 4.69) is 27.6 Å². The molecule has 1 aromatic heterocycles. The maximum Gasteiger partial charge on any atom is 0.414 e. The van der Waals surface area contributed by atoms with Crippen molar-refractivity contribution in [3.63, 3.8) is 0 Å². The van der Waals surface area contributed by atoms with Gasteiger partial charge in [0.15, 0.2) is 0 Å². The molecule has 8 nitrogen and oxygen atoms in total. The van der Waals surface area contributed by atoms with Crippen molar-refractivity contribution in [1.29, 1.82) is 0 Å². The van der Waals surface area contributed by atoms with Crippen LogP contribution in [-0.2, 0) is 29.7 Å². The Balaban J connectivity index is 0.00000225. The molecule has 0 saturated carbocycles. The standard InChI is InChI=1S/C19H23N5O3.H2/c1-12-6-15(23-9-14-8-22(3)21-17(14)11-23)4-5-18(12)24-10-16(27-19(24)26)7-20-13(2)25;/h4-6,8,16H,7,9-11H2,1-3H3,(H,20,25);1H. The Labute approximate surface area is 159 Å². The molecule has 2 aromatic rings. The average Bonchev–Trinajstić information content (AvgIpc) is 3.25. The van der Waals surface area contributed by atoms with E-state index in [9.17, 15) is 9.59 Å². The number of aryl methyl sites for hydroxylation is 2. The molecule has 1 atom stereocenters. The van der Waals surface area contributed by atoms with Gasteiger partial charge in [-0.2, -0.15) is 5.10 Å². The highest BCUT2D eigenvalue weighted by Crippen LogP contribution is 2.32. The highest BCUT2D eigenvalue weighted by Gasteiger charge is 2.33. The van der Waals surface area contributed by atoms with E-state index in [0.717, 1.165) is 35.7 Å². The number of benzene rings is 1. The Morgan fingerprint density at radius 3 is 2.93 bits per heavy atom. The van der Waals surface area contributed by atoms with Crippen LogP contribution >= 0.6 is 0 Å². The first-order valence-corrected chi connectivity index (χ1v) is 9.00. The first-order valence-electron chi connectivity index (χ1n) is 9.00. The lowest BCUT2D eigenvalue weighted by Gasteiger charge is -2.22. The molecule has 0 radical (unpaired) electrons. The lowest BCUT2D eigenvalue weighted by atomic mass is 10.1. The number of nitrogens with one attached hydrogen (secondary N) is 1. The zero-order valence-electron chi connectivity index (χ0n) is 15.7. The Morgan fingerprint density at radius 1 is 1.41 bits per heavy atom. The molecule has 3 heterocycles. The molecule has 1 aromatic carbocycles. The van der Waals surface area contributed by atoms with E-state index >= 15 is 0 Å². The van der Waals surface area contributed by atoms with E-state index in [0.29, 0.717) is 13.1 Å². The Bertz CT molecular complexity index is 889. The minimum Gasteiger partial charge on any atom is -0.442 e. The van der Waals surface area contributed by atoms with Crippen LogP contribution in [-0.4, -0.2) is 41.0 Å². The van der Waals surface area contributed by atoms with Gasteiger partial charge in [0.25, 0.3) is 0 Å². The third-order valence-electron chi connectivity index (χ3n) is 4.98. The number of amides is 2. The molecule has 2 aliphatic heterocycles. The molecular formula is C19H25N5O3. The Hall–Kier alpha value is -3.03. The van der Waals surface area contributed by atoms with Gasteiger partial charge in [-0.25, -0.2) is 4.79 Å². The minimum atomic E-state index is -0.376. The molecule has 2 amide bonds. The van der Waals surface area contributed by atoms with E-state index in [1.807, 2.05) is 30.8 Å². The normalized spacial score (nSPS) is 18.6. The molecule has 1 fully saturated rings. The van der Waals surface area contributed by atoms with Crippen LogP contribution in [0, 0.1) is 6.92 Å². The van der Waals surface area contributed by atoms with Crippen LogP contribution in [0.1, 0.15) is 25.2 Å². The molecule has 1 unspecified atom stereocenters. The zero-order valence-corrected chi connectivity index (χ0v) is 15.7. The van der Waals surface area contributed by atoms with E-state index in [-0.39, 0.29) is 19.5 Å². The predicted octanol–water partition coefficient (Wildman–Crippen LogP) is 1.96. The molecule has 1 saturated heterocycles. The maximum absolute atomic E-state index is 12.2. The number of hydrogen-bond donors (Lipinski definition) is 1. The van der Waals surface area contributed by atoms with E-state index in [1.54, 1.807) is 4.90 Å². The number of carbonyl (C=O) groups is 2. The van der Waals surface area contributed by atoms with E-state index in [4.69, 9.17) is 4.74 Å². The van der Waals surface area contributed by atoms with Gasteiger partial charge in [0.05, 0.1) is 31.0 Å². The number of aromatic nitrogens is 2. The molecule has 0 spiro atoms. The lowest BCUT2D eigenvalue weighted by Crippen LogP contribution is -2.33. The van der Waals surface area contributed by atoms with Crippen LogP contribution in [0.5, 0.6) is 0 Å². The Morgan fingerprint density at radius 2 is 2.22 bits per heavy atom. The average molecular weight is 371 g/mol. The summed E-state index contributed by atoms with van der Waals surface area (Å²) < 4.78 is 7.21. The van der Waals surface area contributed by atoms with Gasteiger partial charge >= 0.3 is 6.09 Å². The van der Waals surface area contributed by atoms with Crippen molar-refractivity contribution >= 4 is 23.4 Å². The van der Waals surface area contributed by atoms with Gasteiger partial charge in [-0.05, 0) is 30.7 Å². The largest absolute Gasteiger partial charge is 0.442 e. The molecular weight excluding hydrogens is 346 g/mol. The summed E-state index contributed by atoms with van der Waals surface area (Å²) in [6, 6.07) is 6.08. The van der Waals surface area contributed by atoms with Crippen LogP contribution in [0.2, 0.25) is 0 Å². The van der Waals surface area contributed by atoms with Gasteiger partial charge in [0.1, 0.15) is 6.10 Å². The van der Waals surface area contributed by atoms with Crippen molar-refractivity contribution in [3.05, 3.63) is 41.2 Å². The first-order chi connectivity index (χ1) is 12.9. The molecule has 144 valence electrons. The lowest BCUT2D eigenvalue weighted by molar-refractivity contribution is -0.119. The SMILES string of the molecule is CC(=O)NCC1CN(c2ccc(N3Cc4cn(C)nc4C3)cc2C)C(=O)O1.[HH]. The topological polar surface area (TPSA) is 79.7 Å². The van der Waals surface area contributed by atoms with Crippen LogP contribution in [0.4, 0.5) is 16.2 Å². The van der Waals surface area contributed by atoms with Crippen molar-refractivity contribution in [2.75, 3.05) is 22.9 Å². The number of hydrogen-bond acceptors (Lipinski definition) is 5. The fourth-order valence-corrected chi connectivity index (χ4v) is 3.69. The van der Waals surface area contributed by atoms with Gasteiger partial charge in [-0.1, -0.05) is 0 Å². The number of cyclic esters (lactones) is 1. The summed E-state index contributed by atoms with van der Waals surface area (Å²) in [5, 5.41) is 7.19. The van der Waals surface area contributed by atoms with Crippen molar-refractivity contribution in [1.82, 2.24) is 15.1 Å². The summed E-state index contributed by atoms with van der Waals surface area (Å²) in [5.41, 5.74) is 5.32. The minimum absolute atomic E-state index is 0. The van der Waals surface area contributed by atoms with Crippen molar-refractivity contribution < 1.29 is 15.8 Å². The van der Waals surface area contributed by atoms with E-state index < -0.39 is 0 Å². The molecule has 4 rings (SSSR count). The van der Waals surface area contributed by atoms with Gasteiger partial charge in [-0.15, -0.1) is 0 Å². The number of carbonyl (C=O) groups excluding carboxylic acids is 2. The van der Waals surface area contributed by atoms with Gasteiger partial charge < -0.3 is 15.0 Å². The summed E-state index contributed by atoms with van der Waals surface area (Å²) in [6.07, 6.45) is 1.35. The summed E-state index contributed by atoms with van der Waals surface area (Å²) in [6.45, 7) is 5.83. The number of rotatable bonds is 4. The second kappa shape index (κ2) is 6.61. The van der Waals surface area contributed by atoms with Crippen molar-refractivity contribution in [2.24, 2.45) is 7.05 Å². The van der Waals surface area contributed by atoms with Crippen LogP contribution < -0.4 is 15.1 Å². The third-order valence-corrected chi connectivity index (χ3v) is 4.98. The molecule has 0 bridgehead atoms. The summed E-state index contributed by atoms with van der Waals surface area (Å²) in [7, 11) is 1.94. The number of nitrogens with zero attached hydrogens (tertiary/aromatic N) is 4. The summed E-state index contributed by atoms with van der Waals surface area (Å²) >= 11 is 0. The quantitative estimate of drug-likeness (QED) is 0.889. The molecule has 27 heavy (non-hydrogen) atoms. The third kappa shape index (κ3) is 3.34. The monoisotopic (exact) mass is 371 g/mol. The van der Waals surface area contributed by atoms with E-state index in [1.165, 1.54) is 12.5 Å². The first kappa shape index (κ1) is 17.4. The van der Waals surface area contributed by atoms with Crippen LogP contribution in [0.3, 0.4) is 0 Å². The van der Waals surface area contributed by atoms with Gasteiger partial charge in [0.2, 0.25) is 5.91 Å². The highest BCUT2D eigenvalue weighted by molar-refractivity contribution is 5.91. The summed E-state index contributed by atoms with van der Waals surface area (Å²) in [4.78, 5) is 27.2. The fourth-order valence-electron chi connectivity index (χ4n) is 3.69. The molecule has 2 aliphatic rings. The molecule has 0 aliphatic carbocycles. The second-order valence-electron chi connectivity index (χ2n) is 7.16. The maximum atomic E-state index is 12.2. The van der Waals surface area contributed by atoms with Gasteiger partial charge in [0, 0.05) is 39.4 Å². The second-order valence-corrected chi connectivity index (χ2v) is 7.16. The number of fused-ring (bicyclic) bond motifs is 1. The fraction of sp³-hybridized carbons (Fsp3) is 0.421. The highest BCUT2D eigenvalue weighted by atomic mass is 16.6. The number of ether oxygens (including phenoxy) is 1. The predicted molar refractivity (Wildman–Crippen MR) is 103 cm³/mol. The molecule has 8 heteroatoms. The number of anilines is 2. The van der Waals surface area contributed by atoms with Crippen LogP contribution in [0.25, 0.3) is 0 Å². The molecule has 1 N–H and O–H groups in total. The van der Waals surface area contributed by atoms with Crippen LogP contribution in [0.15, 0.2) is 24.4 Å². The smallest absolute Gasteiger partial charge is 0.414 e.